The first-order valence-electron chi connectivity index (χ1n) is 10.1. The Morgan fingerprint density at radius 2 is 1.69 bits per heavy atom. The van der Waals surface area contributed by atoms with Gasteiger partial charge in [-0.15, -0.1) is 0 Å². The van der Waals surface area contributed by atoms with Gasteiger partial charge in [-0.2, -0.15) is 5.10 Å². The third-order valence-electron chi connectivity index (χ3n) is 5.33. The fraction of sp³-hybridized carbons (Fsp3) is 0.650. The van der Waals surface area contributed by atoms with Gasteiger partial charge in [0, 0.05) is 37.6 Å². The monoisotopic (exact) mass is 357 g/mol. The second kappa shape index (κ2) is 9.12. The highest BCUT2D eigenvalue weighted by molar-refractivity contribution is 5.99. The first-order valence-corrected chi connectivity index (χ1v) is 10.1. The van der Waals surface area contributed by atoms with E-state index >= 15 is 0 Å². The average Bonchev–Trinajstić information content (AvgIpc) is 3.13. The topological polar surface area (TPSA) is 53.7 Å². The lowest BCUT2D eigenvalue weighted by Crippen LogP contribution is -2.32. The second-order valence-electron chi connectivity index (χ2n) is 7.16. The molecule has 0 aromatic carbocycles. The number of fused-ring (bicyclic) bond motifs is 1. The molecule has 142 valence electrons. The quantitative estimate of drug-likeness (QED) is 0.823. The lowest BCUT2D eigenvalue weighted by Gasteiger charge is -2.21. The minimum Gasteiger partial charge on any atom is -0.338 e. The molecule has 1 saturated heterocycles. The predicted molar refractivity (Wildman–Crippen MR) is 103 cm³/mol. The number of carbonyl (C=O) groups excluding carboxylic acids is 1. The maximum absolute atomic E-state index is 13.0. The minimum atomic E-state index is 0.0749. The van der Waals surface area contributed by atoms with Crippen molar-refractivity contribution in [2.45, 2.75) is 58.9 Å². The van der Waals surface area contributed by atoms with E-state index in [1.807, 2.05) is 17.3 Å². The molecule has 2 aromatic heterocycles. The Balaban J connectivity index is 1.78. The van der Waals surface area contributed by atoms with Gasteiger partial charge in [0.15, 0.2) is 5.65 Å². The summed E-state index contributed by atoms with van der Waals surface area (Å²) < 4.78 is 1.75. The van der Waals surface area contributed by atoms with Gasteiger partial charge in [0.25, 0.3) is 5.91 Å². The lowest BCUT2D eigenvalue weighted by molar-refractivity contribution is 0.0754. The molecule has 0 bridgehead atoms. The van der Waals surface area contributed by atoms with Gasteiger partial charge in [-0.3, -0.25) is 9.69 Å². The Kier molecular flexibility index (Phi) is 6.61. The van der Waals surface area contributed by atoms with Crippen molar-refractivity contribution in [3.8, 4) is 0 Å². The lowest BCUT2D eigenvalue weighted by atomic mass is 10.1. The zero-order valence-corrected chi connectivity index (χ0v) is 16.2. The van der Waals surface area contributed by atoms with Crippen LogP contribution < -0.4 is 0 Å². The van der Waals surface area contributed by atoms with Crippen molar-refractivity contribution >= 4 is 11.6 Å². The SMILES string of the molecule is CCN(CC)Cc1cnc2c(C(=O)N3CCCCCCCC3)cnn2c1. The zero-order valence-electron chi connectivity index (χ0n) is 16.2. The van der Waals surface area contributed by atoms with Gasteiger partial charge in [0.2, 0.25) is 0 Å². The van der Waals surface area contributed by atoms with Crippen LogP contribution in [-0.4, -0.2) is 56.5 Å². The summed E-state index contributed by atoms with van der Waals surface area (Å²) in [5.74, 6) is 0.0749. The number of hydrogen-bond donors (Lipinski definition) is 0. The summed E-state index contributed by atoms with van der Waals surface area (Å²) >= 11 is 0. The van der Waals surface area contributed by atoms with Crippen molar-refractivity contribution in [3.63, 3.8) is 0 Å². The summed E-state index contributed by atoms with van der Waals surface area (Å²) in [6.07, 6.45) is 12.7. The van der Waals surface area contributed by atoms with E-state index in [2.05, 4.69) is 28.8 Å². The zero-order chi connectivity index (χ0) is 18.4. The predicted octanol–water partition coefficient (Wildman–Crippen LogP) is 3.37. The molecule has 6 nitrogen and oxygen atoms in total. The second-order valence-corrected chi connectivity index (χ2v) is 7.16. The number of hydrogen-bond acceptors (Lipinski definition) is 4. The highest BCUT2D eigenvalue weighted by Crippen LogP contribution is 2.16. The number of amides is 1. The van der Waals surface area contributed by atoms with Crippen molar-refractivity contribution < 1.29 is 4.79 Å². The van der Waals surface area contributed by atoms with Gasteiger partial charge >= 0.3 is 0 Å². The maximum Gasteiger partial charge on any atom is 0.259 e. The van der Waals surface area contributed by atoms with E-state index in [9.17, 15) is 4.79 Å². The summed E-state index contributed by atoms with van der Waals surface area (Å²) in [4.78, 5) is 21.9. The average molecular weight is 358 g/mol. The number of aromatic nitrogens is 3. The minimum absolute atomic E-state index is 0.0749. The molecular formula is C20H31N5O. The van der Waals surface area contributed by atoms with Gasteiger partial charge in [-0.05, 0) is 25.9 Å². The fourth-order valence-corrected chi connectivity index (χ4v) is 3.65. The van der Waals surface area contributed by atoms with Crippen LogP contribution in [-0.2, 0) is 6.54 Å². The molecule has 6 heteroatoms. The van der Waals surface area contributed by atoms with Gasteiger partial charge in [0.05, 0.1) is 6.20 Å². The Morgan fingerprint density at radius 1 is 1.04 bits per heavy atom. The normalized spacial score (nSPS) is 16.5. The van der Waals surface area contributed by atoms with Crippen LogP contribution in [0.2, 0.25) is 0 Å². The first kappa shape index (κ1) is 18.8. The molecule has 0 saturated carbocycles. The largest absolute Gasteiger partial charge is 0.338 e. The van der Waals surface area contributed by atoms with E-state index < -0.39 is 0 Å². The van der Waals surface area contributed by atoms with Crippen LogP contribution in [0, 0.1) is 0 Å². The third kappa shape index (κ3) is 4.41. The Labute approximate surface area is 156 Å². The summed E-state index contributed by atoms with van der Waals surface area (Å²) in [5.41, 5.74) is 2.41. The van der Waals surface area contributed by atoms with E-state index in [0.717, 1.165) is 51.1 Å². The molecule has 0 aliphatic carbocycles. The molecule has 1 amide bonds. The Bertz CT molecular complexity index is 712. The third-order valence-corrected chi connectivity index (χ3v) is 5.33. The molecule has 0 atom stereocenters. The van der Waals surface area contributed by atoms with Crippen LogP contribution in [0.4, 0.5) is 0 Å². The standard InChI is InChI=1S/C20H31N5O/c1-3-23(4-2)15-17-13-21-19-18(14-22-25(19)16-17)20(26)24-11-9-7-5-6-8-10-12-24/h13-14,16H,3-12,15H2,1-2H3. The first-order chi connectivity index (χ1) is 12.7. The molecule has 2 aromatic rings. The van der Waals surface area contributed by atoms with Gasteiger partial charge in [-0.1, -0.05) is 39.5 Å². The molecule has 3 heterocycles. The van der Waals surface area contributed by atoms with Crippen LogP contribution in [0.25, 0.3) is 5.65 Å². The van der Waals surface area contributed by atoms with Crippen molar-refractivity contribution in [2.75, 3.05) is 26.2 Å². The van der Waals surface area contributed by atoms with Crippen molar-refractivity contribution in [2.24, 2.45) is 0 Å². The number of nitrogens with zero attached hydrogens (tertiary/aromatic N) is 5. The van der Waals surface area contributed by atoms with E-state index in [-0.39, 0.29) is 5.91 Å². The van der Waals surface area contributed by atoms with Gasteiger partial charge in [0.1, 0.15) is 5.56 Å². The highest BCUT2D eigenvalue weighted by Gasteiger charge is 2.21. The van der Waals surface area contributed by atoms with E-state index in [4.69, 9.17) is 0 Å². The summed E-state index contributed by atoms with van der Waals surface area (Å²) in [6.45, 7) is 8.87. The van der Waals surface area contributed by atoms with E-state index in [1.54, 1.807) is 10.7 Å². The Hall–Kier alpha value is -1.95. The molecule has 0 unspecified atom stereocenters. The molecule has 1 aliphatic heterocycles. The summed E-state index contributed by atoms with van der Waals surface area (Å²) in [6, 6.07) is 0. The van der Waals surface area contributed by atoms with Crippen LogP contribution in [0.15, 0.2) is 18.6 Å². The van der Waals surface area contributed by atoms with Crippen molar-refractivity contribution in [1.29, 1.82) is 0 Å². The van der Waals surface area contributed by atoms with E-state index in [1.165, 1.54) is 25.7 Å². The van der Waals surface area contributed by atoms with Gasteiger partial charge in [-0.25, -0.2) is 9.50 Å². The maximum atomic E-state index is 13.0. The van der Waals surface area contributed by atoms with Crippen LogP contribution in [0.1, 0.15) is 68.3 Å². The molecular weight excluding hydrogens is 326 g/mol. The molecule has 0 N–H and O–H groups in total. The fourth-order valence-electron chi connectivity index (χ4n) is 3.65. The highest BCUT2D eigenvalue weighted by atomic mass is 16.2. The molecule has 0 spiro atoms. The molecule has 1 fully saturated rings. The van der Waals surface area contributed by atoms with E-state index in [0.29, 0.717) is 11.2 Å². The van der Waals surface area contributed by atoms with Crippen molar-refractivity contribution in [3.05, 3.63) is 29.7 Å². The summed E-state index contributed by atoms with van der Waals surface area (Å²) in [5, 5.41) is 4.40. The Morgan fingerprint density at radius 3 is 2.35 bits per heavy atom. The van der Waals surface area contributed by atoms with Gasteiger partial charge < -0.3 is 4.90 Å². The smallest absolute Gasteiger partial charge is 0.259 e. The molecule has 0 radical (unpaired) electrons. The van der Waals surface area contributed by atoms with Crippen LogP contribution in [0.3, 0.4) is 0 Å². The molecule has 26 heavy (non-hydrogen) atoms. The molecule has 1 aliphatic rings. The number of carbonyl (C=O) groups is 1. The van der Waals surface area contributed by atoms with Crippen LogP contribution >= 0.6 is 0 Å². The summed E-state index contributed by atoms with van der Waals surface area (Å²) in [7, 11) is 0. The van der Waals surface area contributed by atoms with Crippen molar-refractivity contribution in [1.82, 2.24) is 24.4 Å². The number of rotatable bonds is 5. The van der Waals surface area contributed by atoms with Crippen LogP contribution in [0.5, 0.6) is 0 Å². The molecule has 3 rings (SSSR count).